The minimum Gasteiger partial charge on any atom is -0.347 e. The van der Waals surface area contributed by atoms with Crippen molar-refractivity contribution in [3.8, 4) is 11.1 Å². The monoisotopic (exact) mass is 652 g/mol. The Morgan fingerprint density at radius 1 is 0.580 bits per heavy atom. The van der Waals surface area contributed by atoms with Crippen molar-refractivity contribution < 1.29 is 0 Å². The highest BCUT2D eigenvalue weighted by atomic mass is 15.0. The lowest BCUT2D eigenvalue weighted by molar-refractivity contribution is 0.551. The molecule has 7 aromatic rings. The Hall–Kier alpha value is -4.82. The molecule has 5 aromatic carbocycles. The lowest BCUT2D eigenvalue weighted by Crippen LogP contribution is -2.35. The van der Waals surface area contributed by atoms with E-state index in [1.807, 2.05) is 0 Å². The minimum atomic E-state index is -0.466. The maximum atomic E-state index is 2.62. The number of para-hydroxylation sites is 2. The summed E-state index contributed by atoms with van der Waals surface area (Å²) < 4.78 is 4.80. The topological polar surface area (TPSA) is 9.86 Å². The van der Waals surface area contributed by atoms with E-state index in [1.54, 1.807) is 0 Å². The van der Waals surface area contributed by atoms with Gasteiger partial charge in [0.25, 0.3) is 0 Å². The third kappa shape index (κ3) is 4.14. The third-order valence-corrected chi connectivity index (χ3v) is 12.3. The van der Waals surface area contributed by atoms with Crippen molar-refractivity contribution in [2.75, 3.05) is 0 Å². The number of nitrogens with zero attached hydrogens (tertiary/aromatic N) is 2. The zero-order valence-corrected chi connectivity index (χ0v) is 31.1. The first-order chi connectivity index (χ1) is 23.8. The molecule has 2 heteroatoms. The Morgan fingerprint density at radius 3 is 1.72 bits per heavy atom. The molecule has 9 rings (SSSR count). The second kappa shape index (κ2) is 10.4. The van der Waals surface area contributed by atoms with E-state index in [9.17, 15) is 0 Å². The zero-order valence-electron chi connectivity index (χ0n) is 31.1. The molecule has 250 valence electrons. The Labute approximate surface area is 297 Å². The molecule has 0 aliphatic heterocycles. The van der Waals surface area contributed by atoms with Gasteiger partial charge >= 0.3 is 0 Å². The van der Waals surface area contributed by atoms with E-state index in [2.05, 4.69) is 181 Å². The Bertz CT molecular complexity index is 2500. The summed E-state index contributed by atoms with van der Waals surface area (Å²) in [5.74, 6) is 0.323. The molecule has 0 radical (unpaired) electrons. The maximum absolute atomic E-state index is 2.62. The molecule has 1 unspecified atom stereocenters. The molecule has 0 saturated carbocycles. The highest BCUT2D eigenvalue weighted by molar-refractivity contribution is 6.08. The van der Waals surface area contributed by atoms with Gasteiger partial charge in [0.2, 0.25) is 0 Å². The largest absolute Gasteiger partial charge is 0.347 e. The first-order valence-electron chi connectivity index (χ1n) is 18.4. The number of aromatic nitrogens is 2. The molecule has 2 nitrogen and oxygen atoms in total. The number of benzene rings is 5. The van der Waals surface area contributed by atoms with Gasteiger partial charge in [-0.05, 0) is 92.0 Å². The second-order valence-corrected chi connectivity index (χ2v) is 17.2. The quantitative estimate of drug-likeness (QED) is 0.176. The normalized spacial score (nSPS) is 16.9. The van der Waals surface area contributed by atoms with Crippen LogP contribution in [0.15, 0.2) is 109 Å². The van der Waals surface area contributed by atoms with Crippen LogP contribution in [-0.4, -0.2) is 9.13 Å². The van der Waals surface area contributed by atoms with E-state index in [0.29, 0.717) is 5.92 Å². The van der Waals surface area contributed by atoms with Crippen LogP contribution in [0.2, 0.25) is 0 Å². The number of allylic oxidation sites excluding steroid dienone is 1. The van der Waals surface area contributed by atoms with Gasteiger partial charge in [-0.2, -0.15) is 0 Å². The Balaban J connectivity index is 1.48. The van der Waals surface area contributed by atoms with Crippen LogP contribution in [0, 0.1) is 5.92 Å². The summed E-state index contributed by atoms with van der Waals surface area (Å²) in [4.78, 5) is 0. The van der Waals surface area contributed by atoms with E-state index < -0.39 is 5.41 Å². The number of hydrogen-bond acceptors (Lipinski definition) is 0. The van der Waals surface area contributed by atoms with E-state index in [1.165, 1.54) is 88.5 Å². The van der Waals surface area contributed by atoms with Crippen molar-refractivity contribution in [3.63, 3.8) is 0 Å². The summed E-state index contributed by atoms with van der Waals surface area (Å²) in [6.45, 7) is 16.6. The lowest BCUT2D eigenvalue weighted by Gasteiger charge is -2.41. The van der Waals surface area contributed by atoms with E-state index >= 15 is 0 Å². The van der Waals surface area contributed by atoms with Crippen LogP contribution >= 0.6 is 0 Å². The van der Waals surface area contributed by atoms with E-state index in [-0.39, 0.29) is 10.8 Å². The number of hydrogen-bond donors (Lipinski definition) is 0. The minimum absolute atomic E-state index is 0.0149. The molecule has 50 heavy (non-hydrogen) atoms. The number of rotatable bonds is 2. The standard InChI is InChI=1S/C48H48N2/c1-29-24-45-38(36-15-11-13-17-43(36)50(45)9)28-39(29)48(32-20-23-44-37(25-32)35-14-10-12-16-42(35)49(44)8)40-26-30(46(2,3)4)18-21-33(40)34-22-19-31(27-41(34)48)47(5,6)7/h10-23,25-29H,24H2,1-9H3. The third-order valence-electron chi connectivity index (χ3n) is 12.3. The molecule has 2 aliphatic rings. The van der Waals surface area contributed by atoms with Crippen molar-refractivity contribution >= 4 is 38.8 Å². The van der Waals surface area contributed by atoms with Crippen LogP contribution in [0.4, 0.5) is 0 Å². The van der Waals surface area contributed by atoms with Crippen LogP contribution in [0.25, 0.3) is 49.9 Å². The predicted octanol–water partition coefficient (Wildman–Crippen LogP) is 12.0. The van der Waals surface area contributed by atoms with Crippen LogP contribution in [-0.2, 0) is 36.8 Å². The predicted molar refractivity (Wildman–Crippen MR) is 213 cm³/mol. The molecular formula is C48H48N2. The molecule has 0 fully saturated rings. The zero-order chi connectivity index (χ0) is 34.9. The van der Waals surface area contributed by atoms with Gasteiger partial charge in [0.15, 0.2) is 0 Å². The maximum Gasteiger partial charge on any atom is 0.0679 e. The van der Waals surface area contributed by atoms with Gasteiger partial charge in [0, 0.05) is 58.1 Å². The van der Waals surface area contributed by atoms with Gasteiger partial charge in [0.1, 0.15) is 0 Å². The van der Waals surface area contributed by atoms with Crippen molar-refractivity contribution in [1.82, 2.24) is 9.13 Å². The molecule has 0 spiro atoms. The number of fused-ring (bicyclic) bond motifs is 9. The summed E-state index contributed by atoms with van der Waals surface area (Å²) in [5.41, 5.74) is 17.4. The van der Waals surface area contributed by atoms with Gasteiger partial charge in [-0.15, -0.1) is 0 Å². The van der Waals surface area contributed by atoms with Crippen LogP contribution in [0.3, 0.4) is 0 Å². The molecule has 0 bridgehead atoms. The van der Waals surface area contributed by atoms with Crippen LogP contribution in [0.5, 0.6) is 0 Å². The van der Waals surface area contributed by atoms with Crippen molar-refractivity contribution in [2.24, 2.45) is 20.0 Å². The lowest BCUT2D eigenvalue weighted by atomic mass is 9.61. The SMILES string of the molecule is CC1Cc2c(c3ccccc3n2C)C=C1C1(c2ccc3c(c2)c2ccccc2n3C)c2cc(C(C)(C)C)ccc2-c2ccc(C(C)(C)C)cc21. The van der Waals surface area contributed by atoms with Crippen LogP contribution < -0.4 is 0 Å². The fourth-order valence-corrected chi connectivity index (χ4v) is 9.51. The molecule has 2 heterocycles. The first-order valence-corrected chi connectivity index (χ1v) is 18.4. The highest BCUT2D eigenvalue weighted by Crippen LogP contribution is 2.61. The summed E-state index contributed by atoms with van der Waals surface area (Å²) >= 11 is 0. The Kier molecular flexibility index (Phi) is 6.46. The van der Waals surface area contributed by atoms with Gasteiger partial charge in [-0.25, -0.2) is 0 Å². The average molecular weight is 653 g/mol. The van der Waals surface area contributed by atoms with Gasteiger partial charge < -0.3 is 9.13 Å². The Morgan fingerprint density at radius 2 is 1.12 bits per heavy atom. The van der Waals surface area contributed by atoms with Crippen molar-refractivity contribution in [1.29, 1.82) is 0 Å². The highest BCUT2D eigenvalue weighted by Gasteiger charge is 2.50. The van der Waals surface area contributed by atoms with Crippen molar-refractivity contribution in [2.45, 2.75) is 71.1 Å². The van der Waals surface area contributed by atoms with Crippen molar-refractivity contribution in [3.05, 3.63) is 148 Å². The first kappa shape index (κ1) is 31.2. The van der Waals surface area contributed by atoms with E-state index in [4.69, 9.17) is 0 Å². The second-order valence-electron chi connectivity index (χ2n) is 17.2. The smallest absolute Gasteiger partial charge is 0.0679 e. The summed E-state index contributed by atoms with van der Waals surface area (Å²) in [5, 5.41) is 3.98. The summed E-state index contributed by atoms with van der Waals surface area (Å²) in [6, 6.07) is 40.0. The van der Waals surface area contributed by atoms with Crippen LogP contribution in [0.1, 0.15) is 87.5 Å². The average Bonchev–Trinajstić information content (AvgIpc) is 3.66. The molecule has 2 aromatic heterocycles. The molecular weight excluding hydrogens is 605 g/mol. The summed E-state index contributed by atoms with van der Waals surface area (Å²) in [7, 11) is 4.46. The van der Waals surface area contributed by atoms with Gasteiger partial charge in [-0.1, -0.05) is 133 Å². The summed E-state index contributed by atoms with van der Waals surface area (Å²) in [6.07, 6.45) is 3.62. The molecule has 0 N–H and O–H groups in total. The fourth-order valence-electron chi connectivity index (χ4n) is 9.51. The fraction of sp³-hybridized carbons (Fsp3) is 0.292. The van der Waals surface area contributed by atoms with Gasteiger partial charge in [0.05, 0.1) is 5.41 Å². The van der Waals surface area contributed by atoms with Gasteiger partial charge in [-0.3, -0.25) is 0 Å². The molecule has 1 atom stereocenters. The molecule has 0 amide bonds. The van der Waals surface area contributed by atoms with E-state index in [0.717, 1.165) is 6.42 Å². The molecule has 0 saturated heterocycles. The molecule has 2 aliphatic carbocycles. The number of aryl methyl sites for hydroxylation is 2.